The van der Waals surface area contributed by atoms with E-state index in [0.29, 0.717) is 11.5 Å². The van der Waals surface area contributed by atoms with Crippen LogP contribution in [0.5, 0.6) is 0 Å². The summed E-state index contributed by atoms with van der Waals surface area (Å²) in [5, 5.41) is 9.89. The third kappa shape index (κ3) is 2.44. The van der Waals surface area contributed by atoms with E-state index < -0.39 is 11.2 Å². The monoisotopic (exact) mass is 290 g/mol. The second-order valence-corrected chi connectivity index (χ2v) is 5.11. The summed E-state index contributed by atoms with van der Waals surface area (Å²) in [6.07, 6.45) is 6.48. The first-order valence-electron chi connectivity index (χ1n) is 7.09. The summed E-state index contributed by atoms with van der Waals surface area (Å²) in [5.74, 6) is 0.547. The van der Waals surface area contributed by atoms with Gasteiger partial charge in [0.2, 0.25) is 0 Å². The van der Waals surface area contributed by atoms with E-state index in [1.807, 2.05) is 4.90 Å². The molecule has 2 aromatic rings. The Morgan fingerprint density at radius 1 is 1.29 bits per heavy atom. The topological polar surface area (TPSA) is 110 Å². The third-order valence-corrected chi connectivity index (χ3v) is 3.64. The molecule has 0 spiro atoms. The summed E-state index contributed by atoms with van der Waals surface area (Å²) >= 11 is 0. The van der Waals surface area contributed by atoms with E-state index in [1.54, 1.807) is 12.4 Å². The molecule has 0 amide bonds. The van der Waals surface area contributed by atoms with Crippen LogP contribution in [-0.2, 0) is 0 Å². The molecule has 1 aliphatic rings. The third-order valence-electron chi connectivity index (χ3n) is 3.64. The molecule has 4 N–H and O–H groups in total. The Labute approximate surface area is 120 Å². The Balaban J connectivity index is 1.98. The van der Waals surface area contributed by atoms with E-state index in [1.165, 1.54) is 0 Å². The molecule has 8 nitrogen and oxygen atoms in total. The van der Waals surface area contributed by atoms with E-state index in [2.05, 4.69) is 32.4 Å². The average Bonchev–Trinajstić information content (AvgIpc) is 3.07. The van der Waals surface area contributed by atoms with Crippen molar-refractivity contribution in [3.63, 3.8) is 0 Å². The molecule has 112 valence electrons. The molecule has 0 fully saturated rings. The summed E-state index contributed by atoms with van der Waals surface area (Å²) in [4.78, 5) is 30.4. The molecule has 1 unspecified atom stereocenters. The second-order valence-electron chi connectivity index (χ2n) is 5.11. The highest BCUT2D eigenvalue weighted by atomic mass is 16.2. The van der Waals surface area contributed by atoms with Crippen LogP contribution in [-0.4, -0.2) is 26.7 Å². The van der Waals surface area contributed by atoms with Crippen molar-refractivity contribution in [2.24, 2.45) is 0 Å². The zero-order valence-corrected chi connectivity index (χ0v) is 11.8. The summed E-state index contributed by atoms with van der Waals surface area (Å²) in [7, 11) is 0. The predicted molar refractivity (Wildman–Crippen MR) is 79.5 cm³/mol. The first-order chi connectivity index (χ1) is 10.2. The van der Waals surface area contributed by atoms with Crippen molar-refractivity contribution in [3.05, 3.63) is 38.8 Å². The van der Waals surface area contributed by atoms with Gasteiger partial charge < -0.3 is 10.2 Å². The van der Waals surface area contributed by atoms with Crippen molar-refractivity contribution in [2.45, 2.75) is 32.4 Å². The molecular formula is C13H18N6O2. The normalized spacial score (nSPS) is 16.8. The summed E-state index contributed by atoms with van der Waals surface area (Å²) < 4.78 is 0. The lowest BCUT2D eigenvalue weighted by Crippen LogP contribution is -2.30. The second kappa shape index (κ2) is 5.47. The fourth-order valence-corrected chi connectivity index (χ4v) is 2.61. The lowest BCUT2D eigenvalue weighted by molar-refractivity contribution is 0.636. The Hall–Kier alpha value is -2.51. The number of hydrogen-bond donors (Lipinski definition) is 4. The van der Waals surface area contributed by atoms with Crippen molar-refractivity contribution < 1.29 is 0 Å². The van der Waals surface area contributed by atoms with Crippen molar-refractivity contribution in [2.75, 3.05) is 16.8 Å². The maximum Gasteiger partial charge on any atom is 0.327 e. The fourth-order valence-electron chi connectivity index (χ4n) is 2.61. The van der Waals surface area contributed by atoms with E-state index in [4.69, 9.17) is 0 Å². The van der Waals surface area contributed by atoms with Crippen molar-refractivity contribution in [1.82, 2.24) is 20.2 Å². The first kappa shape index (κ1) is 13.5. The zero-order valence-electron chi connectivity index (χ0n) is 11.8. The van der Waals surface area contributed by atoms with Gasteiger partial charge in [0.05, 0.1) is 6.20 Å². The van der Waals surface area contributed by atoms with Crippen LogP contribution in [0.4, 0.5) is 11.5 Å². The first-order valence-corrected chi connectivity index (χ1v) is 7.09. The molecule has 1 aliphatic heterocycles. The van der Waals surface area contributed by atoms with Crippen LogP contribution in [0.2, 0.25) is 0 Å². The minimum Gasteiger partial charge on any atom is -0.354 e. The van der Waals surface area contributed by atoms with Crippen LogP contribution in [0.1, 0.15) is 37.9 Å². The highest BCUT2D eigenvalue weighted by Gasteiger charge is 2.33. The number of unbranched alkanes of at least 4 members (excludes halogenated alkanes) is 2. The van der Waals surface area contributed by atoms with Gasteiger partial charge in [0.1, 0.15) is 17.7 Å². The number of aromatic amines is 3. The molecule has 0 aromatic carbocycles. The Bertz CT molecular complexity index is 717. The highest BCUT2D eigenvalue weighted by molar-refractivity contribution is 5.71. The fraction of sp³-hybridized carbons (Fsp3) is 0.462. The van der Waals surface area contributed by atoms with Gasteiger partial charge in [-0.2, -0.15) is 5.10 Å². The van der Waals surface area contributed by atoms with Gasteiger partial charge in [-0.3, -0.25) is 19.9 Å². The van der Waals surface area contributed by atoms with Gasteiger partial charge in [-0.15, -0.1) is 0 Å². The number of fused-ring (bicyclic) bond motifs is 1. The van der Waals surface area contributed by atoms with Gasteiger partial charge in [-0.05, 0) is 6.42 Å². The molecule has 0 saturated carbocycles. The predicted octanol–water partition coefficient (Wildman–Crippen LogP) is 0.907. The summed E-state index contributed by atoms with van der Waals surface area (Å²) in [5.41, 5.74) is 0.425. The van der Waals surface area contributed by atoms with Crippen LogP contribution < -0.4 is 21.5 Å². The van der Waals surface area contributed by atoms with E-state index in [0.717, 1.165) is 31.4 Å². The number of nitrogens with zero attached hydrogens (tertiary/aromatic N) is 2. The molecule has 0 bridgehead atoms. The van der Waals surface area contributed by atoms with E-state index in [9.17, 15) is 9.59 Å². The number of rotatable bonds is 5. The van der Waals surface area contributed by atoms with Gasteiger partial charge in [0, 0.05) is 18.3 Å². The number of anilines is 2. The van der Waals surface area contributed by atoms with Crippen LogP contribution >= 0.6 is 0 Å². The SMILES string of the molecule is CCCCCN1c2[nH]c(=O)[nH]c(=O)c2NC1c1cn[nH]c1. The molecule has 0 radical (unpaired) electrons. The van der Waals surface area contributed by atoms with Crippen molar-refractivity contribution in [1.29, 1.82) is 0 Å². The molecule has 8 heteroatoms. The number of hydrogen-bond acceptors (Lipinski definition) is 5. The Morgan fingerprint density at radius 2 is 2.14 bits per heavy atom. The maximum atomic E-state index is 11.9. The molecule has 3 heterocycles. The quantitative estimate of drug-likeness (QED) is 0.612. The lowest BCUT2D eigenvalue weighted by Gasteiger charge is -2.25. The number of H-pyrrole nitrogens is 3. The largest absolute Gasteiger partial charge is 0.354 e. The summed E-state index contributed by atoms with van der Waals surface area (Å²) in [6.45, 7) is 2.89. The van der Waals surface area contributed by atoms with E-state index in [-0.39, 0.29) is 6.17 Å². The molecule has 0 saturated heterocycles. The minimum absolute atomic E-state index is 0.199. The van der Waals surface area contributed by atoms with Crippen LogP contribution in [0.25, 0.3) is 0 Å². The lowest BCUT2D eigenvalue weighted by atomic mass is 10.2. The Kier molecular flexibility index (Phi) is 3.51. The molecule has 3 rings (SSSR count). The summed E-state index contributed by atoms with van der Waals surface area (Å²) in [6, 6.07) is 0. The molecule has 1 atom stereocenters. The van der Waals surface area contributed by atoms with Crippen LogP contribution in [0, 0.1) is 0 Å². The smallest absolute Gasteiger partial charge is 0.327 e. The van der Waals surface area contributed by atoms with Crippen molar-refractivity contribution >= 4 is 11.5 Å². The molecule has 21 heavy (non-hydrogen) atoms. The van der Waals surface area contributed by atoms with Crippen LogP contribution in [0.3, 0.4) is 0 Å². The van der Waals surface area contributed by atoms with Gasteiger partial charge in [0.15, 0.2) is 0 Å². The van der Waals surface area contributed by atoms with E-state index >= 15 is 0 Å². The molecule has 0 aliphatic carbocycles. The zero-order chi connectivity index (χ0) is 14.8. The van der Waals surface area contributed by atoms with Gasteiger partial charge in [0.25, 0.3) is 5.56 Å². The van der Waals surface area contributed by atoms with Crippen molar-refractivity contribution in [3.8, 4) is 0 Å². The highest BCUT2D eigenvalue weighted by Crippen LogP contribution is 2.36. The molecular weight excluding hydrogens is 272 g/mol. The van der Waals surface area contributed by atoms with Gasteiger partial charge >= 0.3 is 5.69 Å². The van der Waals surface area contributed by atoms with Gasteiger partial charge in [-0.25, -0.2) is 4.79 Å². The van der Waals surface area contributed by atoms with Gasteiger partial charge in [-0.1, -0.05) is 19.8 Å². The average molecular weight is 290 g/mol. The number of aromatic nitrogens is 4. The minimum atomic E-state index is -0.492. The van der Waals surface area contributed by atoms with Crippen LogP contribution in [0.15, 0.2) is 22.0 Å². The standard InChI is InChI=1S/C13H18N6O2/c1-2-3-4-5-19-10(8-6-14-15-7-8)16-9-11(19)17-13(21)18-12(9)20/h6-7,10,16H,2-5H2,1H3,(H,14,15)(H2,17,18,20,21). The maximum absolute atomic E-state index is 11.9. The Morgan fingerprint density at radius 3 is 2.86 bits per heavy atom. The molecule has 2 aromatic heterocycles. The number of nitrogens with one attached hydrogen (secondary N) is 4.